The number of phenolic OH excluding ortho intramolecular Hbond substituents is 1. The molecule has 2 aliphatic heterocycles. The minimum absolute atomic E-state index is 0.0142. The number of amides is 1. The van der Waals surface area contributed by atoms with E-state index in [1.807, 2.05) is 24.0 Å². The van der Waals surface area contributed by atoms with E-state index in [0.717, 1.165) is 31.2 Å². The first-order chi connectivity index (χ1) is 12.0. The molecule has 2 aromatic rings. The minimum Gasteiger partial charge on any atom is -0.508 e. The fraction of sp³-hybridized carbons (Fsp3) is 0.381. The van der Waals surface area contributed by atoms with Gasteiger partial charge in [0, 0.05) is 17.6 Å². The van der Waals surface area contributed by atoms with Gasteiger partial charge in [0.1, 0.15) is 11.6 Å². The average molecular weight is 339 g/mol. The second-order valence-corrected chi connectivity index (χ2v) is 7.32. The van der Waals surface area contributed by atoms with Crippen molar-refractivity contribution >= 4 is 5.91 Å². The highest BCUT2D eigenvalue weighted by Crippen LogP contribution is 2.43. The monoisotopic (exact) mass is 339 g/mol. The van der Waals surface area contributed by atoms with E-state index in [9.17, 15) is 14.3 Å². The number of phenols is 1. The van der Waals surface area contributed by atoms with Gasteiger partial charge >= 0.3 is 0 Å². The van der Waals surface area contributed by atoms with Gasteiger partial charge in [-0.2, -0.15) is 0 Å². The predicted octanol–water partition coefficient (Wildman–Crippen LogP) is 4.39. The zero-order chi connectivity index (χ0) is 17.6. The number of aryl methyl sites for hydroxylation is 1. The summed E-state index contributed by atoms with van der Waals surface area (Å²) in [5.41, 5.74) is 2.49. The van der Waals surface area contributed by atoms with Crippen molar-refractivity contribution in [3.8, 4) is 5.75 Å². The van der Waals surface area contributed by atoms with E-state index in [0.29, 0.717) is 11.5 Å². The van der Waals surface area contributed by atoms with Crippen LogP contribution in [0, 0.1) is 12.7 Å². The number of piperidine rings is 1. The van der Waals surface area contributed by atoms with Crippen molar-refractivity contribution < 1.29 is 14.3 Å². The molecule has 25 heavy (non-hydrogen) atoms. The van der Waals surface area contributed by atoms with Crippen molar-refractivity contribution in [1.29, 1.82) is 0 Å². The molecular weight excluding hydrogens is 317 g/mol. The van der Waals surface area contributed by atoms with Crippen LogP contribution in [0.3, 0.4) is 0 Å². The summed E-state index contributed by atoms with van der Waals surface area (Å²) in [5, 5.41) is 9.91. The van der Waals surface area contributed by atoms with Crippen LogP contribution in [-0.4, -0.2) is 28.0 Å². The number of rotatable bonds is 2. The van der Waals surface area contributed by atoms with Gasteiger partial charge in [0.05, 0.1) is 0 Å². The zero-order valence-corrected chi connectivity index (χ0v) is 14.3. The van der Waals surface area contributed by atoms with Gasteiger partial charge in [-0.3, -0.25) is 4.79 Å². The molecule has 3 nitrogen and oxygen atoms in total. The summed E-state index contributed by atoms with van der Waals surface area (Å²) in [6, 6.07) is 12.4. The summed E-state index contributed by atoms with van der Waals surface area (Å²) in [4.78, 5) is 15.0. The van der Waals surface area contributed by atoms with E-state index in [2.05, 4.69) is 0 Å². The zero-order valence-electron chi connectivity index (χ0n) is 14.3. The summed E-state index contributed by atoms with van der Waals surface area (Å²) in [6.07, 6.45) is 3.88. The maximum Gasteiger partial charge on any atom is 0.254 e. The number of hydrogen-bond donors (Lipinski definition) is 1. The largest absolute Gasteiger partial charge is 0.508 e. The van der Waals surface area contributed by atoms with Crippen LogP contribution in [0.15, 0.2) is 42.5 Å². The topological polar surface area (TPSA) is 40.5 Å². The van der Waals surface area contributed by atoms with Gasteiger partial charge in [0.25, 0.3) is 5.91 Å². The van der Waals surface area contributed by atoms with E-state index in [1.165, 1.54) is 17.7 Å². The molecule has 4 rings (SSSR count). The molecule has 1 N–H and O–H groups in total. The Morgan fingerprint density at radius 3 is 2.32 bits per heavy atom. The van der Waals surface area contributed by atoms with Crippen molar-refractivity contribution in [2.24, 2.45) is 0 Å². The maximum atomic E-state index is 13.2. The highest BCUT2D eigenvalue weighted by molar-refractivity contribution is 5.95. The lowest BCUT2D eigenvalue weighted by Gasteiger charge is -2.39. The Morgan fingerprint density at radius 2 is 1.72 bits per heavy atom. The van der Waals surface area contributed by atoms with E-state index < -0.39 is 0 Å². The first-order valence-corrected chi connectivity index (χ1v) is 8.90. The lowest BCUT2D eigenvalue weighted by molar-refractivity contribution is 0.0571. The number of aromatic hydroxyl groups is 1. The van der Waals surface area contributed by atoms with Crippen molar-refractivity contribution in [1.82, 2.24) is 4.90 Å². The minimum atomic E-state index is -0.210. The molecule has 2 saturated heterocycles. The summed E-state index contributed by atoms with van der Waals surface area (Å²) in [5.74, 6) is 0.354. The van der Waals surface area contributed by atoms with Crippen LogP contribution in [0.4, 0.5) is 4.39 Å². The molecule has 0 saturated carbocycles. The van der Waals surface area contributed by atoms with E-state index >= 15 is 0 Å². The van der Waals surface area contributed by atoms with Crippen LogP contribution in [-0.2, 0) is 0 Å². The number of hydrogen-bond acceptors (Lipinski definition) is 2. The van der Waals surface area contributed by atoms with Gasteiger partial charge in [-0.25, -0.2) is 4.39 Å². The Balaban J connectivity index is 1.55. The van der Waals surface area contributed by atoms with Crippen LogP contribution in [0.1, 0.15) is 53.1 Å². The molecule has 0 radical (unpaired) electrons. The Bertz CT molecular complexity index is 788. The Labute approximate surface area is 147 Å². The van der Waals surface area contributed by atoms with E-state index in [-0.39, 0.29) is 29.6 Å². The Kier molecular flexibility index (Phi) is 3.98. The summed E-state index contributed by atoms with van der Waals surface area (Å²) in [6.45, 7) is 1.82. The standard InChI is InChI=1S/C21H22FNO2/c1-13-2-3-15(12-20(13)24)21(25)23-18-8-9-19(23)11-16(10-18)14-4-6-17(22)7-5-14/h2-7,12,16,18-19,24H,8-11H2,1H3/t16-,18+,19-. The normalized spacial score (nSPS) is 25.2. The number of halogens is 1. The highest BCUT2D eigenvalue weighted by Gasteiger charge is 2.43. The third kappa shape index (κ3) is 2.90. The second-order valence-electron chi connectivity index (χ2n) is 7.32. The Hall–Kier alpha value is -2.36. The molecule has 2 aliphatic rings. The molecule has 1 amide bonds. The maximum absolute atomic E-state index is 13.2. The van der Waals surface area contributed by atoms with Crippen molar-refractivity contribution in [3.63, 3.8) is 0 Å². The lowest BCUT2D eigenvalue weighted by Crippen LogP contribution is -2.46. The molecule has 0 unspecified atom stereocenters. The second kappa shape index (κ2) is 6.17. The van der Waals surface area contributed by atoms with Crippen molar-refractivity contribution in [2.45, 2.75) is 50.6 Å². The first kappa shape index (κ1) is 16.1. The SMILES string of the molecule is Cc1ccc(C(=O)N2[C@@H]3CC[C@H]2C[C@@H](c2ccc(F)cc2)C3)cc1O. The fourth-order valence-electron chi connectivity index (χ4n) is 4.41. The molecule has 2 heterocycles. The smallest absolute Gasteiger partial charge is 0.254 e. The number of carbonyl (C=O) groups excluding carboxylic acids is 1. The van der Waals surface area contributed by atoms with Crippen LogP contribution in [0.2, 0.25) is 0 Å². The van der Waals surface area contributed by atoms with Crippen LogP contribution < -0.4 is 0 Å². The average Bonchev–Trinajstić information content (AvgIpc) is 2.87. The summed E-state index contributed by atoms with van der Waals surface area (Å²) < 4.78 is 13.2. The van der Waals surface area contributed by atoms with Gasteiger partial charge in [-0.1, -0.05) is 18.2 Å². The van der Waals surface area contributed by atoms with E-state index in [1.54, 1.807) is 18.2 Å². The fourth-order valence-corrected chi connectivity index (χ4v) is 4.41. The molecule has 0 aliphatic carbocycles. The predicted molar refractivity (Wildman–Crippen MR) is 94.2 cm³/mol. The number of carbonyl (C=O) groups is 1. The van der Waals surface area contributed by atoms with Crippen LogP contribution in [0.5, 0.6) is 5.75 Å². The molecule has 3 atom stereocenters. The number of nitrogens with zero attached hydrogens (tertiary/aromatic N) is 1. The Morgan fingerprint density at radius 1 is 1.08 bits per heavy atom. The first-order valence-electron chi connectivity index (χ1n) is 8.90. The quantitative estimate of drug-likeness (QED) is 0.881. The van der Waals surface area contributed by atoms with Crippen molar-refractivity contribution in [3.05, 3.63) is 65.0 Å². The molecule has 4 heteroatoms. The number of fused-ring (bicyclic) bond motifs is 2. The molecule has 0 spiro atoms. The molecule has 2 fully saturated rings. The van der Waals surface area contributed by atoms with Gasteiger partial charge < -0.3 is 10.0 Å². The summed E-state index contributed by atoms with van der Waals surface area (Å²) in [7, 11) is 0. The van der Waals surface area contributed by atoms with Gasteiger partial charge in [0.2, 0.25) is 0 Å². The van der Waals surface area contributed by atoms with Gasteiger partial charge in [0.15, 0.2) is 0 Å². The molecule has 2 bridgehead atoms. The van der Waals surface area contributed by atoms with Gasteiger partial charge in [-0.15, -0.1) is 0 Å². The molecule has 0 aromatic heterocycles. The molecular formula is C21H22FNO2. The van der Waals surface area contributed by atoms with Gasteiger partial charge in [-0.05, 0) is 73.9 Å². The third-order valence-electron chi connectivity index (χ3n) is 5.77. The number of benzene rings is 2. The lowest BCUT2D eigenvalue weighted by atomic mass is 9.84. The highest BCUT2D eigenvalue weighted by atomic mass is 19.1. The van der Waals surface area contributed by atoms with Crippen LogP contribution in [0.25, 0.3) is 0 Å². The van der Waals surface area contributed by atoms with Crippen LogP contribution >= 0.6 is 0 Å². The van der Waals surface area contributed by atoms with Crippen molar-refractivity contribution in [2.75, 3.05) is 0 Å². The molecule has 2 aromatic carbocycles. The van der Waals surface area contributed by atoms with E-state index in [4.69, 9.17) is 0 Å². The summed E-state index contributed by atoms with van der Waals surface area (Å²) >= 11 is 0. The third-order valence-corrected chi connectivity index (χ3v) is 5.77. The molecule has 130 valence electrons.